The number of hydrogen-bond donors (Lipinski definition) is 1. The third kappa shape index (κ3) is 7.63. The lowest BCUT2D eigenvalue weighted by Crippen LogP contribution is -2.52. The summed E-state index contributed by atoms with van der Waals surface area (Å²) >= 11 is 3.34. The number of amides is 2. The number of sulfonamides is 1. The van der Waals surface area contributed by atoms with E-state index in [9.17, 15) is 18.0 Å². The van der Waals surface area contributed by atoms with Gasteiger partial charge in [0.15, 0.2) is 0 Å². The first-order valence-electron chi connectivity index (χ1n) is 10.5. The third-order valence-corrected chi connectivity index (χ3v) is 6.61. The van der Waals surface area contributed by atoms with Crippen LogP contribution in [0.1, 0.15) is 25.8 Å². The molecule has 0 aromatic heterocycles. The molecule has 2 aromatic carbocycles. The average molecular weight is 524 g/mol. The fraction of sp³-hybridized carbons (Fsp3) is 0.391. The number of anilines is 1. The zero-order chi connectivity index (χ0) is 23.7. The Morgan fingerprint density at radius 1 is 1.09 bits per heavy atom. The quantitative estimate of drug-likeness (QED) is 0.489. The molecular formula is C23H30BrN3O4S. The minimum Gasteiger partial charge on any atom is -0.354 e. The molecule has 1 unspecified atom stereocenters. The number of halogens is 1. The fourth-order valence-electron chi connectivity index (χ4n) is 3.21. The van der Waals surface area contributed by atoms with Crippen LogP contribution in [-0.2, 0) is 26.0 Å². The molecule has 2 aromatic rings. The van der Waals surface area contributed by atoms with Crippen molar-refractivity contribution in [2.75, 3.05) is 30.2 Å². The molecule has 2 amide bonds. The zero-order valence-corrected chi connectivity index (χ0v) is 21.0. The van der Waals surface area contributed by atoms with E-state index in [0.717, 1.165) is 22.5 Å². The van der Waals surface area contributed by atoms with Gasteiger partial charge in [-0.2, -0.15) is 0 Å². The Labute approximate surface area is 199 Å². The number of nitrogens with one attached hydrogen (secondary N) is 1. The van der Waals surface area contributed by atoms with Crippen molar-refractivity contribution in [1.82, 2.24) is 10.2 Å². The highest BCUT2D eigenvalue weighted by atomic mass is 79.9. The Balaban J connectivity index is 2.28. The van der Waals surface area contributed by atoms with E-state index in [-0.39, 0.29) is 5.91 Å². The van der Waals surface area contributed by atoms with E-state index in [1.165, 1.54) is 4.90 Å². The van der Waals surface area contributed by atoms with Gasteiger partial charge in [0.1, 0.15) is 12.6 Å². The van der Waals surface area contributed by atoms with Gasteiger partial charge in [-0.15, -0.1) is 0 Å². The van der Waals surface area contributed by atoms with Gasteiger partial charge >= 0.3 is 0 Å². The first-order chi connectivity index (χ1) is 15.1. The largest absolute Gasteiger partial charge is 0.354 e. The number of benzene rings is 2. The monoisotopic (exact) mass is 523 g/mol. The predicted molar refractivity (Wildman–Crippen MR) is 131 cm³/mol. The molecule has 0 saturated carbocycles. The van der Waals surface area contributed by atoms with Crippen molar-refractivity contribution in [2.45, 2.75) is 32.7 Å². The maximum absolute atomic E-state index is 13.3. The lowest BCUT2D eigenvalue weighted by molar-refractivity contribution is -0.138. The van der Waals surface area contributed by atoms with Crippen LogP contribution >= 0.6 is 15.9 Å². The van der Waals surface area contributed by atoms with Crippen LogP contribution in [0.2, 0.25) is 0 Å². The molecule has 1 N–H and O–H groups in total. The number of nitrogens with zero attached hydrogens (tertiary/aromatic N) is 2. The van der Waals surface area contributed by atoms with Gasteiger partial charge < -0.3 is 10.2 Å². The smallest absolute Gasteiger partial charge is 0.244 e. The van der Waals surface area contributed by atoms with Crippen LogP contribution in [-0.4, -0.2) is 57.1 Å². The van der Waals surface area contributed by atoms with Gasteiger partial charge in [0.25, 0.3) is 0 Å². The first kappa shape index (κ1) is 25.9. The lowest BCUT2D eigenvalue weighted by Gasteiger charge is -2.31. The molecule has 174 valence electrons. The van der Waals surface area contributed by atoms with Crippen LogP contribution in [0.5, 0.6) is 0 Å². The van der Waals surface area contributed by atoms with Crippen molar-refractivity contribution in [3.05, 3.63) is 64.6 Å². The van der Waals surface area contributed by atoms with Gasteiger partial charge in [-0.1, -0.05) is 59.3 Å². The van der Waals surface area contributed by atoms with Gasteiger partial charge in [-0.25, -0.2) is 8.42 Å². The second kappa shape index (κ2) is 12.0. The summed E-state index contributed by atoms with van der Waals surface area (Å²) in [5.41, 5.74) is 1.40. The van der Waals surface area contributed by atoms with Crippen LogP contribution in [0.15, 0.2) is 59.1 Å². The lowest BCUT2D eigenvalue weighted by atomic mass is 10.1. The van der Waals surface area contributed by atoms with E-state index in [2.05, 4.69) is 21.2 Å². The van der Waals surface area contributed by atoms with Gasteiger partial charge in [0.2, 0.25) is 21.8 Å². The van der Waals surface area contributed by atoms with Crippen LogP contribution in [0.25, 0.3) is 0 Å². The molecule has 7 nitrogen and oxygen atoms in total. The first-order valence-corrected chi connectivity index (χ1v) is 13.1. The zero-order valence-electron chi connectivity index (χ0n) is 18.6. The van der Waals surface area contributed by atoms with E-state index < -0.39 is 28.5 Å². The SMILES string of the molecule is CCCNC(=O)C(C)N(CCc1ccccc1)C(=O)CN(c1cccc(Br)c1)S(C)(=O)=O. The minimum absolute atomic E-state index is 0.262. The molecule has 0 radical (unpaired) electrons. The van der Waals surface area contributed by atoms with Gasteiger partial charge in [-0.3, -0.25) is 13.9 Å². The molecule has 1 atom stereocenters. The highest BCUT2D eigenvalue weighted by Gasteiger charge is 2.29. The number of carbonyl (C=O) groups excluding carboxylic acids is 2. The molecule has 0 fully saturated rings. The van der Waals surface area contributed by atoms with E-state index in [0.29, 0.717) is 29.7 Å². The van der Waals surface area contributed by atoms with Crippen molar-refractivity contribution >= 4 is 43.5 Å². The van der Waals surface area contributed by atoms with E-state index >= 15 is 0 Å². The fourth-order valence-corrected chi connectivity index (χ4v) is 4.44. The van der Waals surface area contributed by atoms with Gasteiger partial charge in [-0.05, 0) is 43.5 Å². The van der Waals surface area contributed by atoms with Crippen LogP contribution in [0.4, 0.5) is 5.69 Å². The van der Waals surface area contributed by atoms with E-state index in [1.807, 2.05) is 37.3 Å². The molecular weight excluding hydrogens is 494 g/mol. The van der Waals surface area contributed by atoms with Crippen molar-refractivity contribution in [2.24, 2.45) is 0 Å². The summed E-state index contributed by atoms with van der Waals surface area (Å²) in [4.78, 5) is 27.4. The second-order valence-corrected chi connectivity index (χ2v) is 10.4. The molecule has 9 heteroatoms. The van der Waals surface area contributed by atoms with Gasteiger partial charge in [0.05, 0.1) is 11.9 Å². The minimum atomic E-state index is -3.73. The normalized spacial score (nSPS) is 12.1. The van der Waals surface area contributed by atoms with Crippen molar-refractivity contribution in [1.29, 1.82) is 0 Å². The maximum atomic E-state index is 13.3. The topological polar surface area (TPSA) is 86.8 Å². The van der Waals surface area contributed by atoms with Crippen LogP contribution in [0.3, 0.4) is 0 Å². The Hall–Kier alpha value is -2.39. The second-order valence-electron chi connectivity index (χ2n) is 7.54. The molecule has 0 bridgehead atoms. The Bertz CT molecular complexity index is 1010. The Kier molecular flexibility index (Phi) is 9.71. The molecule has 32 heavy (non-hydrogen) atoms. The molecule has 0 aliphatic carbocycles. The average Bonchev–Trinajstić information content (AvgIpc) is 2.75. The summed E-state index contributed by atoms with van der Waals surface area (Å²) in [6.07, 6.45) is 2.39. The molecule has 0 spiro atoms. The molecule has 0 heterocycles. The summed E-state index contributed by atoms with van der Waals surface area (Å²) in [5.74, 6) is -0.702. The van der Waals surface area contributed by atoms with E-state index in [1.54, 1.807) is 31.2 Å². The number of carbonyl (C=O) groups is 2. The number of rotatable bonds is 11. The maximum Gasteiger partial charge on any atom is 0.244 e. The molecule has 0 saturated heterocycles. The summed E-state index contributed by atoms with van der Waals surface area (Å²) in [7, 11) is -3.73. The van der Waals surface area contributed by atoms with Crippen molar-refractivity contribution in [3.8, 4) is 0 Å². The highest BCUT2D eigenvalue weighted by molar-refractivity contribution is 9.10. The summed E-state index contributed by atoms with van der Waals surface area (Å²) in [6, 6.07) is 15.7. The van der Waals surface area contributed by atoms with Crippen LogP contribution < -0.4 is 9.62 Å². The Morgan fingerprint density at radius 3 is 2.38 bits per heavy atom. The van der Waals surface area contributed by atoms with Crippen molar-refractivity contribution in [3.63, 3.8) is 0 Å². The predicted octanol–water partition coefficient (Wildman–Crippen LogP) is 3.20. The molecule has 0 aliphatic heterocycles. The standard InChI is InChI=1S/C23H30BrN3O4S/c1-4-14-25-23(29)18(2)26(15-13-19-9-6-5-7-10-19)22(28)17-27(32(3,30)31)21-12-8-11-20(24)16-21/h5-12,16,18H,4,13-15,17H2,1-3H3,(H,25,29). The van der Waals surface area contributed by atoms with Crippen molar-refractivity contribution < 1.29 is 18.0 Å². The summed E-state index contributed by atoms with van der Waals surface area (Å²) in [6.45, 7) is 4.02. The van der Waals surface area contributed by atoms with Gasteiger partial charge in [0, 0.05) is 17.6 Å². The highest BCUT2D eigenvalue weighted by Crippen LogP contribution is 2.22. The number of hydrogen-bond acceptors (Lipinski definition) is 4. The molecule has 2 rings (SSSR count). The Morgan fingerprint density at radius 2 is 1.78 bits per heavy atom. The molecule has 0 aliphatic rings. The summed E-state index contributed by atoms with van der Waals surface area (Å²) < 4.78 is 26.7. The third-order valence-electron chi connectivity index (χ3n) is 4.98. The van der Waals surface area contributed by atoms with Crippen LogP contribution in [0, 0.1) is 0 Å². The summed E-state index contributed by atoms with van der Waals surface area (Å²) in [5, 5.41) is 2.82. The van der Waals surface area contributed by atoms with E-state index in [4.69, 9.17) is 0 Å².